The largest absolute Gasteiger partial charge is 0.375 e. The summed E-state index contributed by atoms with van der Waals surface area (Å²) in [4.78, 5) is 18.3. The van der Waals surface area contributed by atoms with Gasteiger partial charge in [0.15, 0.2) is 5.13 Å². The third-order valence-electron chi connectivity index (χ3n) is 2.63. The Labute approximate surface area is 92.1 Å². The lowest BCUT2D eigenvalue weighted by molar-refractivity contribution is -0.121. The normalized spacial score (nSPS) is 22.0. The molecule has 1 aromatic heterocycles. The second kappa shape index (κ2) is 4.16. The van der Waals surface area contributed by atoms with E-state index in [1.165, 1.54) is 11.3 Å². The van der Waals surface area contributed by atoms with E-state index < -0.39 is 0 Å². The zero-order chi connectivity index (χ0) is 10.8. The lowest BCUT2D eigenvalue weighted by Gasteiger charge is -2.13. The van der Waals surface area contributed by atoms with Crippen molar-refractivity contribution >= 4 is 22.4 Å². The Morgan fingerprint density at radius 1 is 1.73 bits per heavy atom. The van der Waals surface area contributed by atoms with Crippen LogP contribution in [0.4, 0.5) is 5.13 Å². The van der Waals surface area contributed by atoms with Gasteiger partial charge in [-0.2, -0.15) is 0 Å². The van der Waals surface area contributed by atoms with Crippen molar-refractivity contribution in [3.05, 3.63) is 11.1 Å². The fraction of sp³-hybridized carbons (Fsp3) is 0.556. The molecule has 1 saturated heterocycles. The van der Waals surface area contributed by atoms with Crippen LogP contribution >= 0.6 is 11.3 Å². The summed E-state index contributed by atoms with van der Waals surface area (Å²) >= 11 is 1.49. The molecule has 1 amide bonds. The Balaban J connectivity index is 1.90. The molecule has 5 nitrogen and oxygen atoms in total. The molecular formula is C9H14N4OS. The van der Waals surface area contributed by atoms with Crippen LogP contribution in [0.3, 0.4) is 0 Å². The molecule has 1 aliphatic heterocycles. The number of rotatable bonds is 3. The Bertz CT molecular complexity index is 365. The van der Waals surface area contributed by atoms with E-state index >= 15 is 0 Å². The summed E-state index contributed by atoms with van der Waals surface area (Å²) < 4.78 is 0. The number of likely N-dealkylation sites (tertiary alicyclic amines) is 1. The van der Waals surface area contributed by atoms with Crippen molar-refractivity contribution in [1.82, 2.24) is 9.88 Å². The van der Waals surface area contributed by atoms with Crippen molar-refractivity contribution in [2.75, 3.05) is 18.8 Å². The van der Waals surface area contributed by atoms with Crippen LogP contribution in [0.15, 0.2) is 6.20 Å². The summed E-state index contributed by atoms with van der Waals surface area (Å²) in [5.41, 5.74) is 10.8. The molecule has 2 rings (SSSR count). The Hall–Kier alpha value is -1.14. The van der Waals surface area contributed by atoms with Crippen molar-refractivity contribution in [3.8, 4) is 0 Å². The van der Waals surface area contributed by atoms with Gasteiger partial charge in [-0.1, -0.05) is 0 Å². The number of hydrogen-bond acceptors (Lipinski definition) is 5. The van der Waals surface area contributed by atoms with Gasteiger partial charge in [-0.25, -0.2) is 4.98 Å². The van der Waals surface area contributed by atoms with Crippen LogP contribution in [0, 0.1) is 5.92 Å². The summed E-state index contributed by atoms with van der Waals surface area (Å²) in [6.07, 6.45) is 2.65. The molecule has 82 valence electrons. The van der Waals surface area contributed by atoms with E-state index in [0.717, 1.165) is 30.9 Å². The van der Waals surface area contributed by atoms with E-state index in [0.29, 0.717) is 5.13 Å². The van der Waals surface area contributed by atoms with Crippen molar-refractivity contribution in [2.24, 2.45) is 11.7 Å². The third-order valence-corrected chi connectivity index (χ3v) is 3.44. The predicted molar refractivity (Wildman–Crippen MR) is 59.1 cm³/mol. The van der Waals surface area contributed by atoms with Gasteiger partial charge < -0.3 is 11.5 Å². The number of amides is 1. The summed E-state index contributed by atoms with van der Waals surface area (Å²) in [6.45, 7) is 2.50. The SMILES string of the molecule is NC(=O)C1CCN(Cc2cnc(N)s2)C1. The molecule has 4 N–H and O–H groups in total. The number of hydrogen-bond donors (Lipinski definition) is 2. The van der Waals surface area contributed by atoms with E-state index in [-0.39, 0.29) is 11.8 Å². The topological polar surface area (TPSA) is 85.2 Å². The molecule has 15 heavy (non-hydrogen) atoms. The Morgan fingerprint density at radius 3 is 3.07 bits per heavy atom. The maximum atomic E-state index is 11.0. The zero-order valence-corrected chi connectivity index (χ0v) is 9.17. The second-order valence-electron chi connectivity index (χ2n) is 3.79. The van der Waals surface area contributed by atoms with Crippen molar-refractivity contribution < 1.29 is 4.79 Å². The van der Waals surface area contributed by atoms with Crippen LogP contribution in [0.5, 0.6) is 0 Å². The number of anilines is 1. The van der Waals surface area contributed by atoms with Crippen molar-refractivity contribution in [3.63, 3.8) is 0 Å². The molecule has 0 aromatic carbocycles. The molecular weight excluding hydrogens is 212 g/mol. The smallest absolute Gasteiger partial charge is 0.221 e. The third kappa shape index (κ3) is 2.45. The van der Waals surface area contributed by atoms with Crippen LogP contribution in [-0.2, 0) is 11.3 Å². The van der Waals surface area contributed by atoms with Crippen LogP contribution in [-0.4, -0.2) is 28.9 Å². The van der Waals surface area contributed by atoms with E-state index in [4.69, 9.17) is 11.5 Å². The molecule has 1 aliphatic rings. The minimum atomic E-state index is -0.193. The lowest BCUT2D eigenvalue weighted by Crippen LogP contribution is -2.27. The van der Waals surface area contributed by atoms with Crippen LogP contribution in [0.1, 0.15) is 11.3 Å². The van der Waals surface area contributed by atoms with Gasteiger partial charge in [-0.3, -0.25) is 9.69 Å². The summed E-state index contributed by atoms with van der Waals surface area (Å²) in [5.74, 6) is -0.184. The minimum Gasteiger partial charge on any atom is -0.375 e. The first kappa shape index (κ1) is 10.4. The number of carbonyl (C=O) groups is 1. The van der Waals surface area contributed by atoms with Crippen LogP contribution < -0.4 is 11.5 Å². The number of primary amides is 1. The number of aromatic nitrogens is 1. The highest BCUT2D eigenvalue weighted by molar-refractivity contribution is 7.15. The van der Waals surface area contributed by atoms with E-state index in [1.807, 2.05) is 0 Å². The molecule has 6 heteroatoms. The van der Waals surface area contributed by atoms with Gasteiger partial charge >= 0.3 is 0 Å². The molecule has 2 heterocycles. The average molecular weight is 226 g/mol. The summed E-state index contributed by atoms with van der Waals surface area (Å²) in [7, 11) is 0. The molecule has 0 saturated carbocycles. The van der Waals surface area contributed by atoms with Crippen LogP contribution in [0.25, 0.3) is 0 Å². The molecule has 0 bridgehead atoms. The predicted octanol–water partition coefficient (Wildman–Crippen LogP) is 0.0325. The van der Waals surface area contributed by atoms with Gasteiger partial charge in [0.1, 0.15) is 0 Å². The van der Waals surface area contributed by atoms with E-state index in [2.05, 4.69) is 9.88 Å². The first-order chi connectivity index (χ1) is 7.15. The number of nitrogens with zero attached hydrogens (tertiary/aromatic N) is 2. The maximum Gasteiger partial charge on any atom is 0.221 e. The summed E-state index contributed by atoms with van der Waals surface area (Å²) in [6, 6.07) is 0. The fourth-order valence-corrected chi connectivity index (χ4v) is 2.55. The first-order valence-corrected chi connectivity index (χ1v) is 5.68. The standard InChI is InChI=1S/C9H14N4OS/c10-8(14)6-1-2-13(4-6)5-7-3-12-9(11)15-7/h3,6H,1-2,4-5H2,(H2,10,14)(H2,11,12). The van der Waals surface area contributed by atoms with Crippen LogP contribution in [0.2, 0.25) is 0 Å². The van der Waals surface area contributed by atoms with Gasteiger partial charge in [0, 0.05) is 24.2 Å². The van der Waals surface area contributed by atoms with Crippen molar-refractivity contribution in [1.29, 1.82) is 0 Å². The Morgan fingerprint density at radius 2 is 2.53 bits per heavy atom. The zero-order valence-electron chi connectivity index (χ0n) is 8.35. The minimum absolute atomic E-state index is 0.00951. The van der Waals surface area contributed by atoms with Gasteiger partial charge in [0.2, 0.25) is 5.91 Å². The number of nitrogens with two attached hydrogens (primary N) is 2. The van der Waals surface area contributed by atoms with Gasteiger partial charge in [0.05, 0.1) is 5.92 Å². The number of nitrogen functional groups attached to an aromatic ring is 1. The second-order valence-corrected chi connectivity index (χ2v) is 4.93. The Kier molecular flexibility index (Phi) is 2.88. The number of thiazole rings is 1. The summed E-state index contributed by atoms with van der Waals surface area (Å²) in [5, 5.41) is 0.593. The number of carbonyl (C=O) groups excluding carboxylic acids is 1. The monoisotopic (exact) mass is 226 g/mol. The molecule has 1 unspecified atom stereocenters. The first-order valence-electron chi connectivity index (χ1n) is 4.87. The highest BCUT2D eigenvalue weighted by Crippen LogP contribution is 2.21. The fourth-order valence-electron chi connectivity index (χ4n) is 1.82. The average Bonchev–Trinajstić information content (AvgIpc) is 2.76. The molecule has 0 aliphatic carbocycles. The highest BCUT2D eigenvalue weighted by Gasteiger charge is 2.26. The maximum absolute atomic E-state index is 11.0. The molecule has 0 spiro atoms. The van der Waals surface area contributed by atoms with Crippen molar-refractivity contribution in [2.45, 2.75) is 13.0 Å². The van der Waals surface area contributed by atoms with Gasteiger partial charge in [0.25, 0.3) is 0 Å². The van der Waals surface area contributed by atoms with Gasteiger partial charge in [-0.05, 0) is 13.0 Å². The molecule has 1 atom stereocenters. The molecule has 1 aromatic rings. The van der Waals surface area contributed by atoms with E-state index in [9.17, 15) is 4.79 Å². The quantitative estimate of drug-likeness (QED) is 0.761. The molecule has 1 fully saturated rings. The highest BCUT2D eigenvalue weighted by atomic mass is 32.1. The van der Waals surface area contributed by atoms with E-state index in [1.54, 1.807) is 6.20 Å². The lowest BCUT2D eigenvalue weighted by atomic mass is 10.1. The molecule has 0 radical (unpaired) electrons. The van der Waals surface area contributed by atoms with Gasteiger partial charge in [-0.15, -0.1) is 11.3 Å².